The molecule has 1 aromatic heterocycles. The van der Waals surface area contributed by atoms with E-state index in [1.807, 2.05) is 24.3 Å². The van der Waals surface area contributed by atoms with Crippen LogP contribution in [0.25, 0.3) is 0 Å². The van der Waals surface area contributed by atoms with Gasteiger partial charge in [-0.15, -0.1) is 0 Å². The zero-order valence-corrected chi connectivity index (χ0v) is 10.6. The zero-order chi connectivity index (χ0) is 12.3. The van der Waals surface area contributed by atoms with Crippen molar-refractivity contribution in [3.63, 3.8) is 0 Å². The minimum atomic E-state index is -0.0989. The lowest BCUT2D eigenvalue weighted by atomic mass is 10.0. The highest BCUT2D eigenvalue weighted by atomic mass is 35.5. The Hall–Kier alpha value is -1.09. The molecule has 0 spiro atoms. The molecule has 2 N–H and O–H groups in total. The van der Waals surface area contributed by atoms with Gasteiger partial charge in [0.15, 0.2) is 0 Å². The molecule has 1 atom stereocenters. The second-order valence-corrected chi connectivity index (χ2v) is 4.75. The van der Waals surface area contributed by atoms with Gasteiger partial charge in [0.05, 0.1) is 0 Å². The van der Waals surface area contributed by atoms with E-state index in [4.69, 9.17) is 28.9 Å². The number of nitrogens with zero attached hydrogens (tertiary/aromatic N) is 1. The fraction of sp³-hybridized carbons (Fsp3) is 0.154. The first kappa shape index (κ1) is 12.4. The SMILES string of the molecule is NC(Cc1cc(Cl)cc(Cl)c1)c1cccnc1. The highest BCUT2D eigenvalue weighted by Crippen LogP contribution is 2.22. The van der Waals surface area contributed by atoms with Crippen LogP contribution in [-0.2, 0) is 6.42 Å². The Morgan fingerprint density at radius 3 is 2.47 bits per heavy atom. The quantitative estimate of drug-likeness (QED) is 0.922. The molecule has 88 valence electrons. The maximum atomic E-state index is 6.10. The lowest BCUT2D eigenvalue weighted by molar-refractivity contribution is 0.718. The topological polar surface area (TPSA) is 38.9 Å². The van der Waals surface area contributed by atoms with E-state index in [1.165, 1.54) is 0 Å². The Morgan fingerprint density at radius 1 is 1.18 bits per heavy atom. The fourth-order valence-electron chi connectivity index (χ4n) is 1.70. The van der Waals surface area contributed by atoms with Crippen molar-refractivity contribution in [1.29, 1.82) is 0 Å². The van der Waals surface area contributed by atoms with Gasteiger partial charge < -0.3 is 5.73 Å². The first-order valence-corrected chi connectivity index (χ1v) is 6.01. The molecule has 0 bridgehead atoms. The third kappa shape index (κ3) is 3.43. The molecule has 0 aliphatic rings. The molecule has 2 nitrogen and oxygen atoms in total. The Morgan fingerprint density at radius 2 is 1.88 bits per heavy atom. The third-order valence-corrected chi connectivity index (χ3v) is 2.93. The molecule has 0 fully saturated rings. The summed E-state index contributed by atoms with van der Waals surface area (Å²) in [5.41, 5.74) is 8.13. The largest absolute Gasteiger partial charge is 0.324 e. The van der Waals surface area contributed by atoms with Crippen LogP contribution in [0.4, 0.5) is 0 Å². The summed E-state index contributed by atoms with van der Waals surface area (Å²) in [7, 11) is 0. The van der Waals surface area contributed by atoms with Crippen LogP contribution in [0.3, 0.4) is 0 Å². The molecule has 2 rings (SSSR count). The molecular formula is C13H12Cl2N2. The molecule has 1 aromatic carbocycles. The molecule has 0 amide bonds. The maximum Gasteiger partial charge on any atom is 0.0423 e. The number of pyridine rings is 1. The van der Waals surface area contributed by atoms with Crippen LogP contribution in [0.1, 0.15) is 17.2 Å². The summed E-state index contributed by atoms with van der Waals surface area (Å²) in [6, 6.07) is 9.21. The molecule has 1 unspecified atom stereocenters. The number of aromatic nitrogens is 1. The smallest absolute Gasteiger partial charge is 0.0423 e. The van der Waals surface area contributed by atoms with Crippen molar-refractivity contribution >= 4 is 23.2 Å². The maximum absolute atomic E-state index is 6.10. The van der Waals surface area contributed by atoms with Crippen molar-refractivity contribution in [1.82, 2.24) is 4.98 Å². The number of nitrogens with two attached hydrogens (primary N) is 1. The number of hydrogen-bond donors (Lipinski definition) is 1. The fourth-order valence-corrected chi connectivity index (χ4v) is 2.27. The van der Waals surface area contributed by atoms with Crippen molar-refractivity contribution in [2.24, 2.45) is 5.73 Å². The highest BCUT2D eigenvalue weighted by molar-refractivity contribution is 6.34. The second kappa shape index (κ2) is 5.50. The molecule has 4 heteroatoms. The predicted octanol–water partition coefficient (Wildman–Crippen LogP) is 3.63. The molecule has 1 heterocycles. The van der Waals surface area contributed by atoms with Crippen LogP contribution >= 0.6 is 23.2 Å². The van der Waals surface area contributed by atoms with Gasteiger partial charge in [-0.3, -0.25) is 4.98 Å². The van der Waals surface area contributed by atoms with Crippen LogP contribution in [0.15, 0.2) is 42.7 Å². The minimum Gasteiger partial charge on any atom is -0.324 e. The van der Waals surface area contributed by atoms with Crippen molar-refractivity contribution in [3.8, 4) is 0 Å². The second-order valence-electron chi connectivity index (χ2n) is 3.87. The number of rotatable bonds is 3. The van der Waals surface area contributed by atoms with Crippen LogP contribution < -0.4 is 5.73 Å². The molecule has 2 aromatic rings. The average Bonchev–Trinajstić information content (AvgIpc) is 2.28. The number of hydrogen-bond acceptors (Lipinski definition) is 2. The lowest BCUT2D eigenvalue weighted by Gasteiger charge is -2.12. The molecular weight excluding hydrogens is 255 g/mol. The van der Waals surface area contributed by atoms with Crippen LogP contribution in [0, 0.1) is 0 Å². The van der Waals surface area contributed by atoms with Crippen molar-refractivity contribution in [2.45, 2.75) is 12.5 Å². The van der Waals surface area contributed by atoms with Crippen LogP contribution in [-0.4, -0.2) is 4.98 Å². The van der Waals surface area contributed by atoms with Gasteiger partial charge in [-0.25, -0.2) is 0 Å². The molecule has 0 saturated heterocycles. The third-order valence-electron chi connectivity index (χ3n) is 2.49. The Bertz CT molecular complexity index is 480. The highest BCUT2D eigenvalue weighted by Gasteiger charge is 2.08. The normalized spacial score (nSPS) is 12.4. The van der Waals surface area contributed by atoms with E-state index in [0.717, 1.165) is 11.1 Å². The van der Waals surface area contributed by atoms with Gasteiger partial charge in [-0.1, -0.05) is 29.3 Å². The van der Waals surface area contributed by atoms with Gasteiger partial charge in [-0.2, -0.15) is 0 Å². The molecule has 0 aliphatic heterocycles. The number of halogens is 2. The molecule has 0 aliphatic carbocycles. The first-order valence-electron chi connectivity index (χ1n) is 5.25. The van der Waals surface area contributed by atoms with Gasteiger partial charge in [0.2, 0.25) is 0 Å². The zero-order valence-electron chi connectivity index (χ0n) is 9.11. The predicted molar refractivity (Wildman–Crippen MR) is 71.3 cm³/mol. The van der Waals surface area contributed by atoms with Gasteiger partial charge in [0.25, 0.3) is 0 Å². The first-order chi connectivity index (χ1) is 8.15. The summed E-state index contributed by atoms with van der Waals surface area (Å²) >= 11 is 11.9. The van der Waals surface area contributed by atoms with Crippen molar-refractivity contribution in [3.05, 3.63) is 63.9 Å². The van der Waals surface area contributed by atoms with E-state index in [2.05, 4.69) is 4.98 Å². The van der Waals surface area contributed by atoms with E-state index in [1.54, 1.807) is 18.5 Å². The van der Waals surface area contributed by atoms with E-state index >= 15 is 0 Å². The monoisotopic (exact) mass is 266 g/mol. The summed E-state index contributed by atoms with van der Waals surface area (Å²) in [5.74, 6) is 0. The average molecular weight is 267 g/mol. The minimum absolute atomic E-state index is 0.0989. The summed E-state index contributed by atoms with van der Waals surface area (Å²) in [5, 5.41) is 1.26. The van der Waals surface area contributed by atoms with Crippen molar-refractivity contribution in [2.75, 3.05) is 0 Å². The Kier molecular flexibility index (Phi) is 4.00. The van der Waals surface area contributed by atoms with Gasteiger partial charge in [0, 0.05) is 28.5 Å². The van der Waals surface area contributed by atoms with E-state index in [0.29, 0.717) is 16.5 Å². The molecule has 0 radical (unpaired) electrons. The van der Waals surface area contributed by atoms with Gasteiger partial charge >= 0.3 is 0 Å². The van der Waals surface area contributed by atoms with E-state index < -0.39 is 0 Å². The van der Waals surface area contributed by atoms with Crippen molar-refractivity contribution < 1.29 is 0 Å². The summed E-state index contributed by atoms with van der Waals surface area (Å²) < 4.78 is 0. The molecule has 17 heavy (non-hydrogen) atoms. The van der Waals surface area contributed by atoms with Gasteiger partial charge in [0.1, 0.15) is 0 Å². The van der Waals surface area contributed by atoms with Crippen LogP contribution in [0.5, 0.6) is 0 Å². The number of benzene rings is 1. The lowest BCUT2D eigenvalue weighted by Crippen LogP contribution is -2.13. The van der Waals surface area contributed by atoms with E-state index in [9.17, 15) is 0 Å². The van der Waals surface area contributed by atoms with Gasteiger partial charge in [-0.05, 0) is 41.8 Å². The Balaban J connectivity index is 2.16. The summed E-state index contributed by atoms with van der Waals surface area (Å²) in [6.07, 6.45) is 4.19. The molecule has 0 saturated carbocycles. The van der Waals surface area contributed by atoms with E-state index in [-0.39, 0.29) is 6.04 Å². The Labute approximate surface area is 110 Å². The summed E-state index contributed by atoms with van der Waals surface area (Å²) in [6.45, 7) is 0. The van der Waals surface area contributed by atoms with Crippen LogP contribution in [0.2, 0.25) is 10.0 Å². The summed E-state index contributed by atoms with van der Waals surface area (Å²) in [4.78, 5) is 4.05. The standard InChI is InChI=1S/C13H12Cl2N2/c14-11-4-9(5-12(15)7-11)6-13(16)10-2-1-3-17-8-10/h1-5,7-8,13H,6,16H2.